The molecular weight excluding hydrogens is 459 g/mol. The summed E-state index contributed by atoms with van der Waals surface area (Å²) in [4.78, 5) is 20.3. The zero-order valence-electron chi connectivity index (χ0n) is 20.7. The van der Waals surface area contributed by atoms with Crippen LogP contribution in [0.25, 0.3) is 11.1 Å². The van der Waals surface area contributed by atoms with E-state index in [1.165, 1.54) is 18.6 Å². The van der Waals surface area contributed by atoms with E-state index in [0.717, 1.165) is 25.7 Å². The summed E-state index contributed by atoms with van der Waals surface area (Å²) in [6, 6.07) is 10.3. The Labute approximate surface area is 210 Å². The van der Waals surface area contributed by atoms with Crippen LogP contribution in [0.15, 0.2) is 55.0 Å². The molecule has 5 N–H and O–H groups in total. The molecule has 2 unspecified atom stereocenters. The van der Waals surface area contributed by atoms with Crippen LogP contribution in [-0.2, 0) is 0 Å². The van der Waals surface area contributed by atoms with E-state index in [1.54, 1.807) is 17.1 Å². The summed E-state index contributed by atoms with van der Waals surface area (Å²) in [5, 5.41) is 1.56. The van der Waals surface area contributed by atoms with Crippen LogP contribution in [0, 0.1) is 11.7 Å². The van der Waals surface area contributed by atoms with Crippen molar-refractivity contribution >= 4 is 17.4 Å². The van der Waals surface area contributed by atoms with Crippen molar-refractivity contribution < 1.29 is 13.9 Å². The lowest BCUT2D eigenvalue weighted by atomic mass is 9.91. The summed E-state index contributed by atoms with van der Waals surface area (Å²) >= 11 is 0. The maximum Gasteiger partial charge on any atom is 0.250 e. The van der Waals surface area contributed by atoms with E-state index in [4.69, 9.17) is 16.2 Å². The van der Waals surface area contributed by atoms with Crippen LogP contribution in [0.1, 0.15) is 49.9 Å². The number of primary amides is 1. The van der Waals surface area contributed by atoms with Crippen LogP contribution in [0.2, 0.25) is 0 Å². The molecule has 0 radical (unpaired) electrons. The van der Waals surface area contributed by atoms with Gasteiger partial charge in [0.15, 0.2) is 5.82 Å². The molecular formula is C27H33FN6O2. The number of aromatic nitrogens is 2. The highest BCUT2D eigenvalue weighted by atomic mass is 19.1. The first kappa shape index (κ1) is 25.5. The molecule has 9 heteroatoms. The van der Waals surface area contributed by atoms with Crippen LogP contribution in [0.5, 0.6) is 5.75 Å². The molecule has 2 aromatic heterocycles. The lowest BCUT2D eigenvalue weighted by molar-refractivity contribution is 0.1000. The largest absolute Gasteiger partial charge is 0.493 e. The monoisotopic (exact) mass is 492 g/mol. The number of para-hydroxylation sites is 1. The van der Waals surface area contributed by atoms with Crippen molar-refractivity contribution in [2.75, 3.05) is 11.6 Å². The number of nitrogens with zero attached hydrogens (tertiary/aromatic N) is 3. The maximum atomic E-state index is 16.2. The second-order valence-corrected chi connectivity index (χ2v) is 9.51. The predicted molar refractivity (Wildman–Crippen MR) is 138 cm³/mol. The van der Waals surface area contributed by atoms with E-state index in [2.05, 4.69) is 29.2 Å². The Kier molecular flexibility index (Phi) is 8.12. The van der Waals surface area contributed by atoms with E-state index >= 15 is 4.39 Å². The minimum Gasteiger partial charge on any atom is -0.493 e. The molecule has 2 atom stereocenters. The molecule has 190 valence electrons. The molecule has 1 aliphatic carbocycles. The van der Waals surface area contributed by atoms with Gasteiger partial charge in [0.1, 0.15) is 17.3 Å². The fourth-order valence-electron chi connectivity index (χ4n) is 4.26. The zero-order valence-corrected chi connectivity index (χ0v) is 20.7. The van der Waals surface area contributed by atoms with Crippen molar-refractivity contribution in [3.8, 4) is 16.9 Å². The Morgan fingerprint density at radius 3 is 2.61 bits per heavy atom. The summed E-state index contributed by atoms with van der Waals surface area (Å²) in [5.41, 5.74) is 16.5. The Morgan fingerprint density at radius 1 is 1.14 bits per heavy atom. The van der Waals surface area contributed by atoms with Crippen LogP contribution in [-0.4, -0.2) is 34.6 Å². The van der Waals surface area contributed by atoms with Gasteiger partial charge in [0, 0.05) is 35.6 Å². The van der Waals surface area contributed by atoms with Crippen LogP contribution >= 0.6 is 0 Å². The third kappa shape index (κ3) is 5.80. The molecule has 2 heterocycles. The number of hydrazine groups is 1. The minimum atomic E-state index is -0.587. The second-order valence-electron chi connectivity index (χ2n) is 9.51. The smallest absolute Gasteiger partial charge is 0.250 e. The van der Waals surface area contributed by atoms with Gasteiger partial charge in [-0.25, -0.2) is 14.8 Å². The number of benzene rings is 1. The van der Waals surface area contributed by atoms with Crippen LogP contribution in [0.4, 0.5) is 15.9 Å². The van der Waals surface area contributed by atoms with E-state index in [9.17, 15) is 4.79 Å². The molecule has 1 saturated carbocycles. The van der Waals surface area contributed by atoms with Crippen LogP contribution in [0.3, 0.4) is 0 Å². The molecule has 0 saturated heterocycles. The number of carbonyl (C=O) groups excluding carboxylic acids is 1. The fraction of sp³-hybridized carbons (Fsp3) is 0.370. The highest BCUT2D eigenvalue weighted by Crippen LogP contribution is 2.36. The standard InChI is InChI=1S/C27H33FN6O2/c1-17(2)16-36-24-10-6-3-7-19(24)20-14-31-15-23(26(20)28)34(33-22-9-5-4-8-21(22)29)25-12-11-18(13-32-25)27(30)35/h3,6-7,10-15,17,21-22,33H,4-5,8-9,16,29H2,1-2H3,(H2,30,35). The van der Waals surface area contributed by atoms with Crippen molar-refractivity contribution in [2.24, 2.45) is 17.4 Å². The third-order valence-electron chi connectivity index (χ3n) is 6.23. The van der Waals surface area contributed by atoms with E-state index < -0.39 is 11.7 Å². The number of ether oxygens (including phenoxy) is 1. The van der Waals surface area contributed by atoms with Crippen molar-refractivity contribution in [1.29, 1.82) is 0 Å². The molecule has 36 heavy (non-hydrogen) atoms. The molecule has 0 spiro atoms. The van der Waals surface area contributed by atoms with Crippen LogP contribution < -0.4 is 26.6 Å². The first-order valence-corrected chi connectivity index (χ1v) is 12.3. The predicted octanol–water partition coefficient (Wildman–Crippen LogP) is 4.33. The Morgan fingerprint density at radius 2 is 1.92 bits per heavy atom. The molecule has 8 nitrogen and oxygen atoms in total. The number of hydrogen-bond acceptors (Lipinski definition) is 7. The highest BCUT2D eigenvalue weighted by Gasteiger charge is 2.27. The summed E-state index contributed by atoms with van der Waals surface area (Å²) in [5.74, 6) is 0.224. The zero-order chi connectivity index (χ0) is 25.7. The van der Waals surface area contributed by atoms with Gasteiger partial charge in [0.25, 0.3) is 0 Å². The molecule has 1 amide bonds. The number of nitrogens with one attached hydrogen (secondary N) is 1. The molecule has 3 aromatic rings. The lowest BCUT2D eigenvalue weighted by Gasteiger charge is -2.35. The summed E-state index contributed by atoms with van der Waals surface area (Å²) in [6.07, 6.45) is 8.11. The Hall–Kier alpha value is -3.56. The van der Waals surface area contributed by atoms with Gasteiger partial charge in [-0.15, -0.1) is 0 Å². The Balaban J connectivity index is 1.76. The fourth-order valence-corrected chi connectivity index (χ4v) is 4.26. The van der Waals surface area contributed by atoms with Crippen molar-refractivity contribution in [3.05, 3.63) is 66.4 Å². The summed E-state index contributed by atoms with van der Waals surface area (Å²) < 4.78 is 22.2. The molecule has 1 aromatic carbocycles. The number of anilines is 2. The van der Waals surface area contributed by atoms with Gasteiger partial charge in [-0.3, -0.25) is 14.8 Å². The quantitative estimate of drug-likeness (QED) is 0.380. The number of amides is 1. The number of hydrogen-bond donors (Lipinski definition) is 3. The van der Waals surface area contributed by atoms with E-state index in [-0.39, 0.29) is 23.3 Å². The average molecular weight is 493 g/mol. The molecule has 1 fully saturated rings. The Bertz CT molecular complexity index is 1190. The van der Waals surface area contributed by atoms with Gasteiger partial charge >= 0.3 is 0 Å². The SMILES string of the molecule is CC(C)COc1ccccc1-c1cncc(N(NC2CCCCC2N)c2ccc(C(N)=O)cn2)c1F. The maximum absolute atomic E-state index is 16.2. The van der Waals surface area contributed by atoms with Gasteiger partial charge in [-0.1, -0.05) is 44.9 Å². The topological polar surface area (TPSA) is 119 Å². The van der Waals surface area contributed by atoms with Crippen molar-refractivity contribution in [1.82, 2.24) is 15.4 Å². The molecule has 4 rings (SSSR count). The number of halogens is 1. The third-order valence-corrected chi connectivity index (χ3v) is 6.23. The minimum absolute atomic E-state index is 0.0823. The first-order valence-electron chi connectivity index (χ1n) is 12.3. The molecule has 0 aliphatic heterocycles. The van der Waals surface area contributed by atoms with Crippen molar-refractivity contribution in [3.63, 3.8) is 0 Å². The van der Waals surface area contributed by atoms with E-state index in [0.29, 0.717) is 35.2 Å². The average Bonchev–Trinajstić information content (AvgIpc) is 2.88. The van der Waals surface area contributed by atoms with E-state index in [1.807, 2.05) is 24.3 Å². The lowest BCUT2D eigenvalue weighted by Crippen LogP contribution is -2.53. The van der Waals surface area contributed by atoms with Gasteiger partial charge < -0.3 is 16.2 Å². The number of rotatable bonds is 9. The second kappa shape index (κ2) is 11.5. The highest BCUT2D eigenvalue weighted by molar-refractivity contribution is 5.92. The van der Waals surface area contributed by atoms with Gasteiger partial charge in [-0.2, -0.15) is 0 Å². The van der Waals surface area contributed by atoms with Crippen molar-refractivity contribution in [2.45, 2.75) is 51.6 Å². The number of pyridine rings is 2. The normalized spacial score (nSPS) is 17.7. The molecule has 1 aliphatic rings. The van der Waals surface area contributed by atoms with Gasteiger partial charge in [0.05, 0.1) is 18.4 Å². The summed E-state index contributed by atoms with van der Waals surface area (Å²) in [7, 11) is 0. The summed E-state index contributed by atoms with van der Waals surface area (Å²) in [6.45, 7) is 4.62. The first-order chi connectivity index (χ1) is 17.3. The number of nitrogens with two attached hydrogens (primary N) is 2. The van der Waals surface area contributed by atoms with Gasteiger partial charge in [-0.05, 0) is 37.0 Å². The molecule has 0 bridgehead atoms. The van der Waals surface area contributed by atoms with Gasteiger partial charge in [0.2, 0.25) is 5.91 Å². The number of carbonyl (C=O) groups is 1.